The first kappa shape index (κ1) is 16.7. The van der Waals surface area contributed by atoms with Crippen molar-refractivity contribution in [1.82, 2.24) is 19.8 Å². The van der Waals surface area contributed by atoms with E-state index >= 15 is 0 Å². The number of ether oxygens (including phenoxy) is 1. The Kier molecular flexibility index (Phi) is 4.38. The molecule has 4 rings (SSSR count). The summed E-state index contributed by atoms with van der Waals surface area (Å²) >= 11 is 1.44. The lowest BCUT2D eigenvalue weighted by Crippen LogP contribution is -2.05. The number of aryl methyl sites for hydroxylation is 1. The Balaban J connectivity index is 1.57. The predicted molar refractivity (Wildman–Crippen MR) is 98.1 cm³/mol. The van der Waals surface area contributed by atoms with Crippen LogP contribution in [0, 0.1) is 12.7 Å². The Labute approximate surface area is 154 Å². The van der Waals surface area contributed by atoms with Crippen molar-refractivity contribution in [1.29, 1.82) is 0 Å². The molecule has 0 aliphatic carbocycles. The average molecular weight is 368 g/mol. The predicted octanol–water partition coefficient (Wildman–Crippen LogP) is 4.36. The van der Waals surface area contributed by atoms with Crippen molar-refractivity contribution in [2.45, 2.75) is 26.4 Å². The molecule has 0 saturated carbocycles. The summed E-state index contributed by atoms with van der Waals surface area (Å²) < 4.78 is 20.6. The van der Waals surface area contributed by atoms with E-state index in [0.29, 0.717) is 12.2 Å². The smallest absolute Gasteiger partial charge is 0.234 e. The number of halogens is 1. The van der Waals surface area contributed by atoms with Gasteiger partial charge in [-0.1, -0.05) is 35.6 Å². The molecule has 0 bridgehead atoms. The first-order valence-electron chi connectivity index (χ1n) is 8.28. The van der Waals surface area contributed by atoms with Crippen molar-refractivity contribution in [3.8, 4) is 5.75 Å². The zero-order chi connectivity index (χ0) is 18.1. The van der Waals surface area contributed by atoms with Crippen molar-refractivity contribution < 1.29 is 9.13 Å². The maximum absolute atomic E-state index is 13.0. The second kappa shape index (κ2) is 6.84. The molecule has 0 aliphatic heterocycles. The second-order valence-electron chi connectivity index (χ2n) is 6.07. The monoisotopic (exact) mass is 368 g/mol. The lowest BCUT2D eigenvalue weighted by atomic mass is 10.1. The van der Waals surface area contributed by atoms with Gasteiger partial charge in [0.1, 0.15) is 17.7 Å². The molecule has 1 atom stereocenters. The van der Waals surface area contributed by atoms with Gasteiger partial charge < -0.3 is 4.74 Å². The van der Waals surface area contributed by atoms with Gasteiger partial charge in [0.25, 0.3) is 0 Å². The average Bonchev–Trinajstić information content (AvgIpc) is 3.21. The maximum atomic E-state index is 13.0. The molecule has 2 aromatic carbocycles. The zero-order valence-electron chi connectivity index (χ0n) is 14.4. The summed E-state index contributed by atoms with van der Waals surface area (Å²) in [7, 11) is 0. The van der Waals surface area contributed by atoms with E-state index in [9.17, 15) is 4.39 Å². The van der Waals surface area contributed by atoms with Gasteiger partial charge in [0.15, 0.2) is 10.8 Å². The molecule has 0 saturated heterocycles. The number of hydrogen-bond donors (Lipinski definition) is 0. The van der Waals surface area contributed by atoms with Gasteiger partial charge in [-0.2, -0.15) is 9.61 Å². The molecule has 0 spiro atoms. The molecule has 0 amide bonds. The first-order chi connectivity index (χ1) is 12.6. The van der Waals surface area contributed by atoms with Crippen molar-refractivity contribution in [3.63, 3.8) is 0 Å². The highest BCUT2D eigenvalue weighted by atomic mass is 32.1. The van der Waals surface area contributed by atoms with Crippen LogP contribution in [0.4, 0.5) is 4.39 Å². The van der Waals surface area contributed by atoms with Crippen LogP contribution >= 0.6 is 11.3 Å². The number of rotatable bonds is 5. The van der Waals surface area contributed by atoms with E-state index in [2.05, 4.69) is 34.4 Å². The molecular weight excluding hydrogens is 351 g/mol. The molecular formula is C19H17FN4OS. The Bertz CT molecular complexity index is 1040. The lowest BCUT2D eigenvalue weighted by Gasteiger charge is -2.11. The van der Waals surface area contributed by atoms with E-state index in [1.807, 2.05) is 19.1 Å². The third kappa shape index (κ3) is 3.30. The molecule has 0 aliphatic rings. The maximum Gasteiger partial charge on any atom is 0.234 e. The van der Waals surface area contributed by atoms with Crippen molar-refractivity contribution in [2.24, 2.45) is 0 Å². The van der Waals surface area contributed by atoms with Crippen molar-refractivity contribution >= 4 is 16.3 Å². The molecule has 132 valence electrons. The summed E-state index contributed by atoms with van der Waals surface area (Å²) in [4.78, 5) is 0.734. The summed E-state index contributed by atoms with van der Waals surface area (Å²) in [5.41, 5.74) is 2.42. The van der Waals surface area contributed by atoms with Gasteiger partial charge in [-0.15, -0.1) is 10.2 Å². The Morgan fingerprint density at radius 1 is 1.12 bits per heavy atom. The molecule has 0 radical (unpaired) electrons. The fraction of sp³-hybridized carbons (Fsp3) is 0.211. The third-order valence-corrected chi connectivity index (χ3v) is 5.22. The minimum atomic E-state index is -0.287. The summed E-state index contributed by atoms with van der Waals surface area (Å²) in [6, 6.07) is 14.2. The van der Waals surface area contributed by atoms with Crippen LogP contribution in [0.2, 0.25) is 0 Å². The van der Waals surface area contributed by atoms with Crippen LogP contribution in [0.1, 0.15) is 35.0 Å². The molecule has 2 heterocycles. The normalized spacial score (nSPS) is 12.4. The van der Waals surface area contributed by atoms with Crippen LogP contribution in [0.3, 0.4) is 0 Å². The van der Waals surface area contributed by atoms with Gasteiger partial charge in [0.2, 0.25) is 4.96 Å². The van der Waals surface area contributed by atoms with Crippen LogP contribution in [-0.2, 0) is 6.42 Å². The molecule has 7 heteroatoms. The van der Waals surface area contributed by atoms with Crippen LogP contribution in [0.15, 0.2) is 48.5 Å². The van der Waals surface area contributed by atoms with Crippen LogP contribution in [-0.4, -0.2) is 19.8 Å². The first-order valence-corrected chi connectivity index (χ1v) is 9.09. The summed E-state index contributed by atoms with van der Waals surface area (Å²) in [6.07, 6.45) is 0.406. The van der Waals surface area contributed by atoms with E-state index in [0.717, 1.165) is 15.8 Å². The molecule has 26 heavy (non-hydrogen) atoms. The van der Waals surface area contributed by atoms with Gasteiger partial charge in [-0.3, -0.25) is 0 Å². The quantitative estimate of drug-likeness (QED) is 0.525. The van der Waals surface area contributed by atoms with Gasteiger partial charge >= 0.3 is 0 Å². The van der Waals surface area contributed by atoms with Gasteiger partial charge in [-0.25, -0.2) is 4.39 Å². The Morgan fingerprint density at radius 2 is 1.88 bits per heavy atom. The SMILES string of the molecule is Cc1ccccc1Cc1nnc2sc([C@H](C)Oc3ccc(F)cc3)nn12. The van der Waals surface area contributed by atoms with E-state index in [4.69, 9.17) is 4.74 Å². The highest BCUT2D eigenvalue weighted by molar-refractivity contribution is 7.16. The lowest BCUT2D eigenvalue weighted by molar-refractivity contribution is 0.224. The molecule has 2 aromatic heterocycles. The van der Waals surface area contributed by atoms with Crippen LogP contribution < -0.4 is 4.74 Å². The third-order valence-electron chi connectivity index (χ3n) is 4.16. The highest BCUT2D eigenvalue weighted by Gasteiger charge is 2.18. The van der Waals surface area contributed by atoms with Crippen molar-refractivity contribution in [2.75, 3.05) is 0 Å². The molecule has 4 aromatic rings. The minimum Gasteiger partial charge on any atom is -0.483 e. The fourth-order valence-corrected chi connectivity index (χ4v) is 3.53. The molecule has 0 unspecified atom stereocenters. The number of fused-ring (bicyclic) bond motifs is 1. The van der Waals surface area contributed by atoms with E-state index in [1.54, 1.807) is 16.6 Å². The van der Waals surface area contributed by atoms with Crippen LogP contribution in [0.25, 0.3) is 4.96 Å². The number of nitrogens with zero attached hydrogens (tertiary/aromatic N) is 4. The minimum absolute atomic E-state index is 0.265. The second-order valence-corrected chi connectivity index (χ2v) is 7.06. The standard InChI is InChI=1S/C19H17FN4OS/c1-12-5-3-4-6-14(12)11-17-21-22-19-24(17)23-18(26-19)13(2)25-16-9-7-15(20)8-10-16/h3-10,13H,11H2,1-2H3/t13-/m0/s1. The molecule has 0 N–H and O–H groups in total. The largest absolute Gasteiger partial charge is 0.483 e. The van der Waals surface area contributed by atoms with Gasteiger partial charge in [0.05, 0.1) is 0 Å². The Hall–Kier alpha value is -2.80. The summed E-state index contributed by atoms with van der Waals surface area (Å²) in [5.74, 6) is 1.11. The van der Waals surface area contributed by atoms with E-state index < -0.39 is 0 Å². The van der Waals surface area contributed by atoms with Crippen molar-refractivity contribution in [3.05, 3.63) is 76.3 Å². The molecule has 5 nitrogen and oxygen atoms in total. The topological polar surface area (TPSA) is 52.3 Å². The van der Waals surface area contributed by atoms with E-state index in [1.165, 1.54) is 34.6 Å². The number of benzene rings is 2. The summed E-state index contributed by atoms with van der Waals surface area (Å²) in [6.45, 7) is 3.99. The van der Waals surface area contributed by atoms with Gasteiger partial charge in [0, 0.05) is 6.42 Å². The molecule has 0 fully saturated rings. The van der Waals surface area contributed by atoms with Gasteiger partial charge in [-0.05, 0) is 49.2 Å². The number of aromatic nitrogens is 4. The number of hydrogen-bond acceptors (Lipinski definition) is 5. The Morgan fingerprint density at radius 3 is 2.65 bits per heavy atom. The fourth-order valence-electron chi connectivity index (χ4n) is 2.69. The highest BCUT2D eigenvalue weighted by Crippen LogP contribution is 2.26. The van der Waals surface area contributed by atoms with Crippen LogP contribution in [0.5, 0.6) is 5.75 Å². The van der Waals surface area contributed by atoms with E-state index in [-0.39, 0.29) is 11.9 Å². The summed E-state index contributed by atoms with van der Waals surface area (Å²) in [5, 5.41) is 13.9. The zero-order valence-corrected chi connectivity index (χ0v) is 15.2.